The third kappa shape index (κ3) is 6.02. The maximum atomic E-state index is 10.9. The van der Waals surface area contributed by atoms with Crippen LogP contribution in [0.25, 0.3) is 0 Å². The second-order valence-corrected chi connectivity index (χ2v) is 7.97. The number of thioether (sulfide) groups is 1. The van der Waals surface area contributed by atoms with Gasteiger partial charge >= 0.3 is 10.4 Å². The van der Waals surface area contributed by atoms with Gasteiger partial charge in [0.05, 0.1) is 13.7 Å². The van der Waals surface area contributed by atoms with Crippen molar-refractivity contribution in [2.75, 3.05) is 13.7 Å². The number of para-hydroxylation sites is 1. The third-order valence-corrected chi connectivity index (χ3v) is 5.24. The first kappa shape index (κ1) is 22.8. The Bertz CT molecular complexity index is 785. The van der Waals surface area contributed by atoms with Crippen LogP contribution in [0, 0.1) is 0 Å². The smallest absolute Gasteiger partial charge is 0.466 e. The Morgan fingerprint density at radius 3 is 2.50 bits per heavy atom. The molecule has 1 aliphatic rings. The van der Waals surface area contributed by atoms with E-state index in [1.54, 1.807) is 24.3 Å². The fourth-order valence-electron chi connectivity index (χ4n) is 2.49. The minimum atomic E-state index is -4.88. The molecule has 5 atom stereocenters. The second kappa shape index (κ2) is 9.84. The number of benzene rings is 1. The molecule has 0 aliphatic carbocycles. The van der Waals surface area contributed by atoms with Crippen LogP contribution in [-0.4, -0.2) is 82.0 Å². The summed E-state index contributed by atoms with van der Waals surface area (Å²) in [6.45, 7) is -0.623. The molecule has 1 heterocycles. The number of hydrogen-bond acceptors (Lipinski definition) is 11. The van der Waals surface area contributed by atoms with E-state index >= 15 is 0 Å². The molecule has 0 bridgehead atoms. The van der Waals surface area contributed by atoms with E-state index in [9.17, 15) is 28.8 Å². The molecule has 158 valence electrons. The van der Waals surface area contributed by atoms with E-state index < -0.39 is 46.9 Å². The van der Waals surface area contributed by atoms with Crippen LogP contribution in [0.4, 0.5) is 0 Å². The van der Waals surface area contributed by atoms with Crippen LogP contribution < -0.4 is 4.74 Å². The Hall–Kier alpha value is -1.45. The van der Waals surface area contributed by atoms with Crippen LogP contribution in [0.15, 0.2) is 29.4 Å². The Balaban J connectivity index is 2.26. The van der Waals surface area contributed by atoms with E-state index in [0.717, 1.165) is 0 Å². The van der Waals surface area contributed by atoms with Crippen molar-refractivity contribution in [1.29, 1.82) is 0 Å². The van der Waals surface area contributed by atoms with E-state index in [0.29, 0.717) is 23.1 Å². The standard InChI is InChI=1S/C15H21NO10S2/c1-24-9-5-3-2-4-8(9)6-11(16-26-28(21,22)23)27-15-14(20)13(19)12(18)10(7-17)25-15/h2-5,10,12-15,17-20H,6-7H2,1H3,(H,21,22,23)/b16-11-/t10-,12-,13+,14-,15-/m1/s1. The predicted octanol–water partition coefficient (Wildman–Crippen LogP) is -1.10. The Morgan fingerprint density at radius 1 is 1.21 bits per heavy atom. The number of rotatable bonds is 7. The summed E-state index contributed by atoms with van der Waals surface area (Å²) in [5.74, 6) is 0.469. The molecule has 1 aromatic rings. The second-order valence-electron chi connectivity index (χ2n) is 5.79. The van der Waals surface area contributed by atoms with Gasteiger partial charge in [-0.2, -0.15) is 8.42 Å². The lowest BCUT2D eigenvalue weighted by Crippen LogP contribution is -2.57. The van der Waals surface area contributed by atoms with Gasteiger partial charge in [0.1, 0.15) is 40.6 Å². The summed E-state index contributed by atoms with van der Waals surface area (Å²) >= 11 is 0.693. The molecule has 28 heavy (non-hydrogen) atoms. The summed E-state index contributed by atoms with van der Waals surface area (Å²) in [6.07, 6.45) is -5.90. The van der Waals surface area contributed by atoms with Crippen molar-refractivity contribution in [3.8, 4) is 5.75 Å². The molecule has 0 radical (unpaired) electrons. The number of oxime groups is 1. The van der Waals surface area contributed by atoms with Crippen LogP contribution in [0.1, 0.15) is 5.56 Å². The molecule has 1 saturated heterocycles. The molecule has 13 heteroatoms. The number of methoxy groups -OCH3 is 1. The highest BCUT2D eigenvalue weighted by Crippen LogP contribution is 2.31. The first-order chi connectivity index (χ1) is 13.2. The van der Waals surface area contributed by atoms with Gasteiger partial charge in [0.15, 0.2) is 0 Å². The molecule has 1 fully saturated rings. The van der Waals surface area contributed by atoms with Gasteiger partial charge in [-0.05, 0) is 6.07 Å². The summed E-state index contributed by atoms with van der Waals surface area (Å²) in [4.78, 5) is 0. The van der Waals surface area contributed by atoms with E-state index in [-0.39, 0.29) is 11.5 Å². The van der Waals surface area contributed by atoms with Gasteiger partial charge in [0.2, 0.25) is 0 Å². The average molecular weight is 439 g/mol. The zero-order valence-electron chi connectivity index (χ0n) is 14.7. The van der Waals surface area contributed by atoms with E-state index in [2.05, 4.69) is 9.44 Å². The van der Waals surface area contributed by atoms with Crippen LogP contribution in [0.5, 0.6) is 5.75 Å². The lowest BCUT2D eigenvalue weighted by Gasteiger charge is -2.39. The summed E-state index contributed by atoms with van der Waals surface area (Å²) in [5.41, 5.74) is -0.631. The van der Waals surface area contributed by atoms with Crippen molar-refractivity contribution >= 4 is 27.2 Å². The van der Waals surface area contributed by atoms with Gasteiger partial charge in [-0.15, -0.1) is 0 Å². The van der Waals surface area contributed by atoms with Gasteiger partial charge in [-0.25, -0.2) is 4.28 Å². The minimum Gasteiger partial charge on any atom is -0.496 e. The van der Waals surface area contributed by atoms with Crippen molar-refractivity contribution in [3.05, 3.63) is 29.8 Å². The number of nitrogens with zero attached hydrogens (tertiary/aromatic N) is 1. The zero-order valence-corrected chi connectivity index (χ0v) is 16.3. The largest absolute Gasteiger partial charge is 0.496 e. The van der Waals surface area contributed by atoms with Gasteiger partial charge < -0.3 is 29.9 Å². The molecule has 0 spiro atoms. The monoisotopic (exact) mass is 439 g/mol. The van der Waals surface area contributed by atoms with E-state index in [4.69, 9.17) is 14.0 Å². The Morgan fingerprint density at radius 2 is 1.89 bits per heavy atom. The molecule has 1 aromatic carbocycles. The Labute approximate surface area is 165 Å². The fourth-order valence-corrected chi connectivity index (χ4v) is 3.81. The molecule has 0 saturated carbocycles. The molecule has 0 aromatic heterocycles. The van der Waals surface area contributed by atoms with Gasteiger partial charge in [-0.3, -0.25) is 4.55 Å². The lowest BCUT2D eigenvalue weighted by molar-refractivity contribution is -0.205. The van der Waals surface area contributed by atoms with Gasteiger partial charge in [0.25, 0.3) is 0 Å². The maximum Gasteiger partial charge on any atom is 0.466 e. The highest BCUT2D eigenvalue weighted by atomic mass is 32.3. The first-order valence-corrected chi connectivity index (χ1v) is 10.2. The topological polar surface area (TPSA) is 175 Å². The molecule has 2 rings (SSSR count). The highest BCUT2D eigenvalue weighted by Gasteiger charge is 2.44. The highest BCUT2D eigenvalue weighted by molar-refractivity contribution is 8.14. The van der Waals surface area contributed by atoms with Gasteiger partial charge in [-0.1, -0.05) is 35.1 Å². The maximum absolute atomic E-state index is 10.9. The number of ether oxygens (including phenoxy) is 2. The summed E-state index contributed by atoms with van der Waals surface area (Å²) in [7, 11) is -3.44. The predicted molar refractivity (Wildman–Crippen MR) is 98.1 cm³/mol. The summed E-state index contributed by atoms with van der Waals surface area (Å²) in [6, 6.07) is 6.76. The van der Waals surface area contributed by atoms with Crippen LogP contribution >= 0.6 is 11.8 Å². The quantitative estimate of drug-likeness (QED) is 0.151. The van der Waals surface area contributed by atoms with Crippen LogP contribution in [0.2, 0.25) is 0 Å². The minimum absolute atomic E-state index is 0.0286. The molecular weight excluding hydrogens is 418 g/mol. The van der Waals surface area contributed by atoms with Crippen molar-refractivity contribution in [2.24, 2.45) is 5.16 Å². The molecule has 1 aliphatic heterocycles. The summed E-state index contributed by atoms with van der Waals surface area (Å²) < 4.78 is 45.1. The van der Waals surface area contributed by atoms with Crippen molar-refractivity contribution in [2.45, 2.75) is 36.3 Å². The molecule has 11 nitrogen and oxygen atoms in total. The van der Waals surface area contributed by atoms with Crippen molar-refractivity contribution < 1.29 is 47.2 Å². The Kier molecular flexibility index (Phi) is 8.03. The summed E-state index contributed by atoms with van der Waals surface area (Å²) in [5, 5.41) is 42.4. The number of aliphatic hydroxyl groups excluding tert-OH is 4. The molecule has 0 unspecified atom stereocenters. The van der Waals surface area contributed by atoms with Crippen molar-refractivity contribution in [1.82, 2.24) is 0 Å². The first-order valence-electron chi connectivity index (χ1n) is 7.98. The molecular formula is C15H21NO10S2. The van der Waals surface area contributed by atoms with Crippen molar-refractivity contribution in [3.63, 3.8) is 0 Å². The molecule has 0 amide bonds. The SMILES string of the molecule is COc1ccccc1C/C(=N/OS(=O)(=O)O)S[C@H]1O[C@H](CO)[C@@H](O)[C@H](O)[C@H]1O. The number of aliphatic hydroxyl groups is 4. The number of hydrogen-bond donors (Lipinski definition) is 5. The van der Waals surface area contributed by atoms with Gasteiger partial charge in [0, 0.05) is 12.0 Å². The third-order valence-electron chi connectivity index (χ3n) is 3.87. The van der Waals surface area contributed by atoms with E-state index in [1.807, 2.05) is 0 Å². The fraction of sp³-hybridized carbons (Fsp3) is 0.533. The lowest BCUT2D eigenvalue weighted by atomic mass is 10.0. The van der Waals surface area contributed by atoms with E-state index in [1.165, 1.54) is 7.11 Å². The molecule has 5 N–H and O–H groups in total. The van der Waals surface area contributed by atoms with Crippen LogP contribution in [-0.2, 0) is 25.8 Å². The average Bonchev–Trinajstić information content (AvgIpc) is 2.66. The zero-order chi connectivity index (χ0) is 20.9. The van der Waals surface area contributed by atoms with Crippen LogP contribution in [0.3, 0.4) is 0 Å². The normalized spacial score (nSPS) is 28.8.